The molecule has 2 aromatic carbocycles. The molecule has 0 atom stereocenters. The van der Waals surface area contributed by atoms with Crippen molar-refractivity contribution in [2.45, 2.75) is 6.54 Å². The lowest BCUT2D eigenvalue weighted by Gasteiger charge is -2.07. The van der Waals surface area contributed by atoms with Gasteiger partial charge >= 0.3 is 5.69 Å². The van der Waals surface area contributed by atoms with E-state index in [1.54, 1.807) is 0 Å². The van der Waals surface area contributed by atoms with Crippen molar-refractivity contribution in [3.05, 3.63) is 70.2 Å². The highest BCUT2D eigenvalue weighted by Gasteiger charge is 2.14. The molecule has 0 amide bonds. The Morgan fingerprint density at radius 3 is 2.86 bits per heavy atom. The van der Waals surface area contributed by atoms with Crippen molar-refractivity contribution in [3.63, 3.8) is 0 Å². The Morgan fingerprint density at radius 2 is 2.05 bits per heavy atom. The summed E-state index contributed by atoms with van der Waals surface area (Å²) in [5.74, 6) is -0.835. The predicted octanol–water partition coefficient (Wildman–Crippen LogP) is 3.83. The van der Waals surface area contributed by atoms with E-state index in [4.69, 9.17) is 0 Å². The molecule has 1 aromatic heterocycles. The van der Waals surface area contributed by atoms with Crippen molar-refractivity contribution in [1.29, 1.82) is 0 Å². The molecule has 3 aromatic rings. The molecular formula is C15H12FN3O2. The molecule has 2 N–H and O–H groups in total. The summed E-state index contributed by atoms with van der Waals surface area (Å²) in [6, 6.07) is 11.7. The SMILES string of the molecule is O=[N+]([O-])c1cc(NCc2ccc3cc[nH]c3c2)ccc1F. The topological polar surface area (TPSA) is 71.0 Å². The molecule has 0 aliphatic rings. The highest BCUT2D eigenvalue weighted by molar-refractivity contribution is 5.79. The van der Waals surface area contributed by atoms with Crippen molar-refractivity contribution in [2.24, 2.45) is 0 Å². The third-order valence-corrected chi connectivity index (χ3v) is 3.26. The summed E-state index contributed by atoms with van der Waals surface area (Å²) in [6.07, 6.45) is 1.87. The number of benzene rings is 2. The summed E-state index contributed by atoms with van der Waals surface area (Å²) in [5, 5.41) is 14.9. The van der Waals surface area contributed by atoms with Crippen molar-refractivity contribution in [2.75, 3.05) is 5.32 Å². The van der Waals surface area contributed by atoms with Gasteiger partial charge in [0.05, 0.1) is 4.92 Å². The smallest absolute Gasteiger partial charge is 0.306 e. The van der Waals surface area contributed by atoms with Gasteiger partial charge in [-0.15, -0.1) is 0 Å². The van der Waals surface area contributed by atoms with E-state index in [2.05, 4.69) is 10.3 Å². The van der Waals surface area contributed by atoms with Gasteiger partial charge in [0.25, 0.3) is 0 Å². The number of nitrogens with one attached hydrogen (secondary N) is 2. The van der Waals surface area contributed by atoms with Gasteiger partial charge in [0, 0.05) is 30.0 Å². The molecule has 1 heterocycles. The fraction of sp³-hybridized carbons (Fsp3) is 0.0667. The van der Waals surface area contributed by atoms with E-state index >= 15 is 0 Å². The standard InChI is InChI=1S/C15H12FN3O2/c16-13-4-3-12(8-15(13)19(20)21)18-9-10-1-2-11-5-6-17-14(11)7-10/h1-8,17-18H,9H2. The molecule has 0 bridgehead atoms. The Bertz CT molecular complexity index is 814. The highest BCUT2D eigenvalue weighted by atomic mass is 19.1. The van der Waals surface area contributed by atoms with Crippen LogP contribution in [0.2, 0.25) is 0 Å². The van der Waals surface area contributed by atoms with Crippen molar-refractivity contribution < 1.29 is 9.31 Å². The molecule has 0 spiro atoms. The van der Waals surface area contributed by atoms with Crippen LogP contribution in [-0.4, -0.2) is 9.91 Å². The minimum absolute atomic E-state index is 0.498. The zero-order valence-electron chi connectivity index (χ0n) is 11.0. The maximum Gasteiger partial charge on any atom is 0.306 e. The Balaban J connectivity index is 1.77. The van der Waals surface area contributed by atoms with Gasteiger partial charge in [-0.3, -0.25) is 10.1 Å². The average molecular weight is 285 g/mol. The number of nitro benzene ring substituents is 1. The van der Waals surface area contributed by atoms with Gasteiger partial charge in [0.15, 0.2) is 0 Å². The first-order valence-electron chi connectivity index (χ1n) is 6.37. The van der Waals surface area contributed by atoms with Crippen LogP contribution in [0.3, 0.4) is 0 Å². The molecule has 0 saturated heterocycles. The van der Waals surface area contributed by atoms with Crippen LogP contribution in [0.5, 0.6) is 0 Å². The maximum atomic E-state index is 13.2. The lowest BCUT2D eigenvalue weighted by molar-refractivity contribution is -0.387. The van der Waals surface area contributed by atoms with Crippen LogP contribution in [0.1, 0.15) is 5.56 Å². The number of fused-ring (bicyclic) bond motifs is 1. The second kappa shape index (κ2) is 5.24. The molecule has 0 unspecified atom stereocenters. The van der Waals surface area contributed by atoms with E-state index < -0.39 is 16.4 Å². The van der Waals surface area contributed by atoms with E-state index in [1.807, 2.05) is 30.5 Å². The summed E-state index contributed by atoms with van der Waals surface area (Å²) in [4.78, 5) is 13.1. The van der Waals surface area contributed by atoms with Gasteiger partial charge < -0.3 is 10.3 Å². The van der Waals surface area contributed by atoms with E-state index in [0.29, 0.717) is 12.2 Å². The van der Waals surface area contributed by atoms with E-state index in [9.17, 15) is 14.5 Å². The normalized spacial score (nSPS) is 10.7. The first-order chi connectivity index (χ1) is 10.1. The van der Waals surface area contributed by atoms with E-state index in [1.165, 1.54) is 12.1 Å². The van der Waals surface area contributed by atoms with Crippen molar-refractivity contribution in [3.8, 4) is 0 Å². The lowest BCUT2D eigenvalue weighted by atomic mass is 10.1. The molecule has 0 aliphatic carbocycles. The summed E-state index contributed by atoms with van der Waals surface area (Å²) in [7, 11) is 0. The van der Waals surface area contributed by atoms with Crippen LogP contribution in [-0.2, 0) is 6.54 Å². The summed E-state index contributed by atoms with van der Waals surface area (Å²) >= 11 is 0. The summed E-state index contributed by atoms with van der Waals surface area (Å²) in [5.41, 5.74) is 2.03. The predicted molar refractivity (Wildman–Crippen MR) is 78.7 cm³/mol. The second-order valence-corrected chi connectivity index (χ2v) is 4.68. The third kappa shape index (κ3) is 2.69. The second-order valence-electron chi connectivity index (χ2n) is 4.68. The number of H-pyrrole nitrogens is 1. The Morgan fingerprint density at radius 1 is 1.19 bits per heavy atom. The van der Waals surface area contributed by atoms with Crippen LogP contribution >= 0.6 is 0 Å². The number of halogens is 1. The number of hydrogen-bond donors (Lipinski definition) is 2. The molecule has 0 saturated carbocycles. The van der Waals surface area contributed by atoms with Gasteiger partial charge in [-0.2, -0.15) is 4.39 Å². The molecule has 0 fully saturated rings. The van der Waals surface area contributed by atoms with Crippen molar-refractivity contribution in [1.82, 2.24) is 4.98 Å². The molecule has 0 radical (unpaired) electrons. The average Bonchev–Trinajstić information content (AvgIpc) is 2.93. The quantitative estimate of drug-likeness (QED) is 0.565. The lowest BCUT2D eigenvalue weighted by Crippen LogP contribution is -2.01. The number of aromatic nitrogens is 1. The zero-order chi connectivity index (χ0) is 14.8. The molecule has 21 heavy (non-hydrogen) atoms. The van der Waals surface area contributed by atoms with Crippen LogP contribution in [0, 0.1) is 15.9 Å². The molecule has 5 nitrogen and oxygen atoms in total. The number of nitro groups is 1. The number of nitrogens with zero attached hydrogens (tertiary/aromatic N) is 1. The van der Waals surface area contributed by atoms with Crippen LogP contribution < -0.4 is 5.32 Å². The summed E-state index contributed by atoms with van der Waals surface area (Å²) in [6.45, 7) is 0.498. The Labute approximate surface area is 119 Å². The number of hydrogen-bond acceptors (Lipinski definition) is 3. The van der Waals surface area contributed by atoms with Gasteiger partial charge in [-0.05, 0) is 35.2 Å². The highest BCUT2D eigenvalue weighted by Crippen LogP contribution is 2.22. The van der Waals surface area contributed by atoms with Crippen LogP contribution in [0.4, 0.5) is 15.8 Å². The van der Waals surface area contributed by atoms with Gasteiger partial charge in [0.1, 0.15) is 0 Å². The Hall–Kier alpha value is -2.89. The van der Waals surface area contributed by atoms with E-state index in [-0.39, 0.29) is 0 Å². The number of anilines is 1. The third-order valence-electron chi connectivity index (χ3n) is 3.26. The van der Waals surface area contributed by atoms with Crippen LogP contribution in [0.15, 0.2) is 48.7 Å². The molecule has 106 valence electrons. The molecule has 3 rings (SSSR count). The molecular weight excluding hydrogens is 273 g/mol. The van der Waals surface area contributed by atoms with Gasteiger partial charge in [-0.25, -0.2) is 0 Å². The number of rotatable bonds is 4. The van der Waals surface area contributed by atoms with Gasteiger partial charge in [-0.1, -0.05) is 12.1 Å². The monoisotopic (exact) mass is 285 g/mol. The fourth-order valence-corrected chi connectivity index (χ4v) is 2.17. The maximum absolute atomic E-state index is 13.2. The minimum atomic E-state index is -0.835. The molecule has 0 aliphatic heterocycles. The minimum Gasteiger partial charge on any atom is -0.381 e. The first-order valence-corrected chi connectivity index (χ1v) is 6.37. The Kier molecular flexibility index (Phi) is 3.27. The largest absolute Gasteiger partial charge is 0.381 e. The van der Waals surface area contributed by atoms with Gasteiger partial charge in [0.2, 0.25) is 5.82 Å². The van der Waals surface area contributed by atoms with Crippen LogP contribution in [0.25, 0.3) is 10.9 Å². The zero-order valence-corrected chi connectivity index (χ0v) is 11.0. The van der Waals surface area contributed by atoms with E-state index in [0.717, 1.165) is 22.5 Å². The van der Waals surface area contributed by atoms with Crippen molar-refractivity contribution >= 4 is 22.3 Å². The summed E-state index contributed by atoms with van der Waals surface area (Å²) < 4.78 is 13.2. The molecule has 6 heteroatoms. The first kappa shape index (κ1) is 13.1. The number of aromatic amines is 1. The fourth-order valence-electron chi connectivity index (χ4n) is 2.17.